The first-order valence-corrected chi connectivity index (χ1v) is 13.4. The number of carbonyl (C=O) groups excluding carboxylic acids is 4. The van der Waals surface area contributed by atoms with Gasteiger partial charge >= 0.3 is 12.1 Å². The van der Waals surface area contributed by atoms with E-state index in [1.54, 1.807) is 77.9 Å². The lowest BCUT2D eigenvalue weighted by Gasteiger charge is -2.29. The number of fused-ring (bicyclic) bond motifs is 2. The smallest absolute Gasteiger partial charge is 0.420 e. The number of nitrogens with zero attached hydrogens (tertiary/aromatic N) is 3. The fourth-order valence-corrected chi connectivity index (χ4v) is 4.59. The maximum Gasteiger partial charge on any atom is 0.420 e. The predicted octanol–water partition coefficient (Wildman–Crippen LogP) is 4.33. The van der Waals surface area contributed by atoms with Gasteiger partial charge < -0.3 is 24.8 Å². The fourth-order valence-electron chi connectivity index (χ4n) is 4.59. The molecule has 0 aliphatic carbocycles. The quantitative estimate of drug-likeness (QED) is 0.398. The van der Waals surface area contributed by atoms with Crippen molar-refractivity contribution in [3.05, 3.63) is 59.4 Å². The Kier molecular flexibility index (Phi) is 8.10. The molecule has 0 saturated carbocycles. The molecule has 2 aromatic carbocycles. The third-order valence-corrected chi connectivity index (χ3v) is 6.24. The third-order valence-electron chi connectivity index (χ3n) is 6.24. The first-order valence-electron chi connectivity index (χ1n) is 13.4. The van der Waals surface area contributed by atoms with Crippen molar-refractivity contribution in [2.75, 3.05) is 0 Å². The molecular formula is C30H36N4O7. The molecule has 11 nitrogen and oxygen atoms in total. The first kappa shape index (κ1) is 29.6. The van der Waals surface area contributed by atoms with E-state index >= 15 is 0 Å². The van der Waals surface area contributed by atoms with Crippen LogP contribution in [0.15, 0.2) is 42.5 Å². The molecule has 0 saturated heterocycles. The van der Waals surface area contributed by atoms with Crippen LogP contribution in [0.3, 0.4) is 0 Å². The second-order valence-corrected chi connectivity index (χ2v) is 11.9. The summed E-state index contributed by atoms with van der Waals surface area (Å²) in [5, 5.41) is 0. The molecule has 2 amide bonds. The summed E-state index contributed by atoms with van der Waals surface area (Å²) in [6, 6.07) is 11.2. The highest BCUT2D eigenvalue weighted by molar-refractivity contribution is 6.01. The summed E-state index contributed by atoms with van der Waals surface area (Å²) in [6.07, 6.45) is -0.645. The Morgan fingerprint density at radius 3 is 2.32 bits per heavy atom. The Labute approximate surface area is 238 Å². The Hall–Kier alpha value is -4.41. The molecule has 1 aliphatic rings. The number of benzene rings is 2. The van der Waals surface area contributed by atoms with Crippen molar-refractivity contribution in [1.29, 1.82) is 0 Å². The van der Waals surface area contributed by atoms with Crippen molar-refractivity contribution in [2.24, 2.45) is 5.73 Å². The minimum atomic E-state index is -1.01. The van der Waals surface area contributed by atoms with E-state index in [0.717, 1.165) is 0 Å². The van der Waals surface area contributed by atoms with Crippen molar-refractivity contribution in [1.82, 2.24) is 14.5 Å². The van der Waals surface area contributed by atoms with E-state index < -0.39 is 35.2 Å². The molecule has 3 aromatic rings. The standard InChI is InChI=1S/C30H36N4O7/c1-29(2,3)40-27(37)22(14-15-24(31)35)33-16-19-18(26(33)36)10-9-13-23(19)39-17-25-32-20-11-7-8-12-21(20)34(25)28(38)41-30(4,5)6/h7-13,22H,14-17H2,1-6H3,(H2,31,35). The number of rotatable bonds is 8. The first-order chi connectivity index (χ1) is 19.1. The van der Waals surface area contributed by atoms with Crippen molar-refractivity contribution >= 4 is 34.9 Å². The van der Waals surface area contributed by atoms with Crippen LogP contribution in [-0.4, -0.2) is 55.6 Å². The van der Waals surface area contributed by atoms with Crippen LogP contribution in [0.1, 0.15) is 76.1 Å². The minimum absolute atomic E-state index is 0.0279. The zero-order valence-electron chi connectivity index (χ0n) is 24.2. The van der Waals surface area contributed by atoms with Gasteiger partial charge in [0.1, 0.15) is 29.6 Å². The largest absolute Gasteiger partial charge is 0.485 e. The van der Waals surface area contributed by atoms with Crippen LogP contribution in [0.25, 0.3) is 11.0 Å². The summed E-state index contributed by atoms with van der Waals surface area (Å²) in [7, 11) is 0. The monoisotopic (exact) mass is 564 g/mol. The summed E-state index contributed by atoms with van der Waals surface area (Å²) in [5.74, 6) is -0.855. The predicted molar refractivity (Wildman–Crippen MR) is 150 cm³/mol. The van der Waals surface area contributed by atoms with E-state index in [2.05, 4.69) is 4.98 Å². The van der Waals surface area contributed by atoms with E-state index in [9.17, 15) is 19.2 Å². The Bertz CT molecular complexity index is 1500. The Balaban J connectivity index is 1.61. The van der Waals surface area contributed by atoms with Crippen LogP contribution in [-0.2, 0) is 32.2 Å². The maximum absolute atomic E-state index is 13.4. The lowest BCUT2D eigenvalue weighted by atomic mass is 10.1. The zero-order valence-corrected chi connectivity index (χ0v) is 24.2. The van der Waals surface area contributed by atoms with Gasteiger partial charge in [0, 0.05) is 17.5 Å². The van der Waals surface area contributed by atoms with Gasteiger partial charge in [0.2, 0.25) is 5.91 Å². The minimum Gasteiger partial charge on any atom is -0.485 e. The van der Waals surface area contributed by atoms with Gasteiger partial charge in [-0.1, -0.05) is 18.2 Å². The summed E-state index contributed by atoms with van der Waals surface area (Å²) < 4.78 is 18.7. The molecule has 11 heteroatoms. The topological polar surface area (TPSA) is 143 Å². The summed E-state index contributed by atoms with van der Waals surface area (Å²) >= 11 is 0. The van der Waals surface area contributed by atoms with Gasteiger partial charge in [-0.15, -0.1) is 0 Å². The second kappa shape index (κ2) is 11.2. The maximum atomic E-state index is 13.4. The van der Waals surface area contributed by atoms with Crippen LogP contribution in [0.4, 0.5) is 4.79 Å². The van der Waals surface area contributed by atoms with Gasteiger partial charge in [0.15, 0.2) is 5.82 Å². The highest BCUT2D eigenvalue weighted by Crippen LogP contribution is 2.34. The summed E-state index contributed by atoms with van der Waals surface area (Å²) in [5.41, 5.74) is 5.97. The van der Waals surface area contributed by atoms with Crippen molar-refractivity contribution in [3.63, 3.8) is 0 Å². The number of primary amides is 1. The number of nitrogens with two attached hydrogens (primary N) is 1. The molecule has 4 rings (SSSR count). The molecule has 1 unspecified atom stereocenters. The second-order valence-electron chi connectivity index (χ2n) is 11.9. The van der Waals surface area contributed by atoms with Gasteiger partial charge in [-0.2, -0.15) is 0 Å². The molecule has 41 heavy (non-hydrogen) atoms. The average molecular weight is 565 g/mol. The number of esters is 1. The molecule has 0 fully saturated rings. The number of ether oxygens (including phenoxy) is 3. The van der Waals surface area contributed by atoms with Gasteiger partial charge in [-0.25, -0.2) is 19.1 Å². The SMILES string of the molecule is CC(C)(C)OC(=O)C(CCC(N)=O)N1Cc2c(OCc3nc4ccccc4n3C(=O)OC(C)(C)C)cccc2C1=O. The molecule has 0 spiro atoms. The zero-order chi connectivity index (χ0) is 30.1. The Morgan fingerprint density at radius 1 is 0.976 bits per heavy atom. The number of amides is 2. The molecule has 218 valence electrons. The van der Waals surface area contributed by atoms with E-state index in [4.69, 9.17) is 19.9 Å². The number of para-hydroxylation sites is 2. The average Bonchev–Trinajstić information content (AvgIpc) is 3.39. The number of imidazole rings is 1. The van der Waals surface area contributed by atoms with Gasteiger partial charge in [0.25, 0.3) is 5.91 Å². The molecule has 2 N–H and O–H groups in total. The molecule has 1 atom stereocenters. The molecule has 0 bridgehead atoms. The molecule has 1 aliphatic heterocycles. The van der Waals surface area contributed by atoms with E-state index in [1.165, 1.54) is 9.47 Å². The highest BCUT2D eigenvalue weighted by atomic mass is 16.6. The normalized spacial score (nSPS) is 14.1. The van der Waals surface area contributed by atoms with E-state index in [1.807, 2.05) is 6.07 Å². The lowest BCUT2D eigenvalue weighted by Crippen LogP contribution is -2.45. The highest BCUT2D eigenvalue weighted by Gasteiger charge is 2.40. The van der Waals surface area contributed by atoms with Crippen molar-refractivity contribution < 1.29 is 33.4 Å². The van der Waals surface area contributed by atoms with Crippen LogP contribution in [0.2, 0.25) is 0 Å². The number of hydrogen-bond donors (Lipinski definition) is 1. The molecule has 0 radical (unpaired) electrons. The van der Waals surface area contributed by atoms with Gasteiger partial charge in [0.05, 0.1) is 17.6 Å². The number of hydrogen-bond acceptors (Lipinski definition) is 8. The van der Waals surface area contributed by atoms with Crippen LogP contribution < -0.4 is 10.5 Å². The summed E-state index contributed by atoms with van der Waals surface area (Å²) in [6.45, 7) is 10.5. The number of carbonyl (C=O) groups is 4. The van der Waals surface area contributed by atoms with E-state index in [-0.39, 0.29) is 31.9 Å². The lowest BCUT2D eigenvalue weighted by molar-refractivity contribution is -0.160. The van der Waals surface area contributed by atoms with Gasteiger partial charge in [-0.3, -0.25) is 9.59 Å². The van der Waals surface area contributed by atoms with Crippen molar-refractivity contribution in [3.8, 4) is 5.75 Å². The summed E-state index contributed by atoms with van der Waals surface area (Å²) in [4.78, 5) is 57.1. The van der Waals surface area contributed by atoms with Crippen LogP contribution in [0.5, 0.6) is 5.75 Å². The van der Waals surface area contributed by atoms with Crippen molar-refractivity contribution in [2.45, 2.75) is 84.8 Å². The number of aromatic nitrogens is 2. The molecular weight excluding hydrogens is 528 g/mol. The Morgan fingerprint density at radius 2 is 1.66 bits per heavy atom. The fraction of sp³-hybridized carbons (Fsp3) is 0.433. The molecule has 1 aromatic heterocycles. The molecule has 2 heterocycles. The van der Waals surface area contributed by atoms with Crippen LogP contribution in [0, 0.1) is 0 Å². The van der Waals surface area contributed by atoms with Gasteiger partial charge in [-0.05, 0) is 72.2 Å². The van der Waals surface area contributed by atoms with Crippen LogP contribution >= 0.6 is 0 Å². The van der Waals surface area contributed by atoms with E-state index in [0.29, 0.717) is 33.7 Å². The third kappa shape index (κ3) is 6.85.